The first-order valence-electron chi connectivity index (χ1n) is 10.2. The summed E-state index contributed by atoms with van der Waals surface area (Å²) < 4.78 is 43.6. The normalized spacial score (nSPS) is 19.1. The molecule has 0 saturated carbocycles. The summed E-state index contributed by atoms with van der Waals surface area (Å²) in [6.45, 7) is 5.51. The van der Waals surface area contributed by atoms with E-state index in [1.807, 2.05) is 4.68 Å². The van der Waals surface area contributed by atoms with Crippen LogP contribution < -0.4 is 0 Å². The van der Waals surface area contributed by atoms with Crippen LogP contribution in [0.3, 0.4) is 0 Å². The first-order valence-corrected chi connectivity index (χ1v) is 10.6. The minimum atomic E-state index is -4.30. The Labute approximate surface area is 173 Å². The summed E-state index contributed by atoms with van der Waals surface area (Å²) in [5, 5.41) is 4.74. The summed E-state index contributed by atoms with van der Waals surface area (Å²) >= 11 is 5.63. The van der Waals surface area contributed by atoms with Crippen LogP contribution in [0, 0.1) is 4.77 Å². The monoisotopic (exact) mass is 425 g/mol. The Hall–Kier alpha value is -1.71. The number of fused-ring (bicyclic) bond motifs is 1. The first kappa shape index (κ1) is 20.6. The molecule has 158 valence electrons. The van der Waals surface area contributed by atoms with Gasteiger partial charge in [-0.15, -0.1) is 0 Å². The van der Waals surface area contributed by atoms with E-state index in [-0.39, 0.29) is 0 Å². The van der Waals surface area contributed by atoms with Crippen molar-refractivity contribution in [2.45, 2.75) is 51.6 Å². The van der Waals surface area contributed by atoms with Crippen LogP contribution in [0.25, 0.3) is 0 Å². The van der Waals surface area contributed by atoms with Crippen molar-refractivity contribution in [3.8, 4) is 0 Å². The highest BCUT2D eigenvalue weighted by Gasteiger charge is 2.30. The molecule has 9 heteroatoms. The molecule has 2 aliphatic rings. The molecule has 2 aromatic rings. The average Bonchev–Trinajstić information content (AvgIpc) is 2.85. The van der Waals surface area contributed by atoms with Crippen LogP contribution in [0.1, 0.15) is 36.2 Å². The summed E-state index contributed by atoms with van der Waals surface area (Å²) in [6, 6.07) is 5.62. The highest BCUT2D eigenvalue weighted by atomic mass is 32.1. The summed E-state index contributed by atoms with van der Waals surface area (Å²) in [7, 11) is 0. The number of hydrogen-bond acceptors (Lipinski definition) is 4. The second kappa shape index (κ2) is 8.57. The third-order valence-corrected chi connectivity index (χ3v) is 6.17. The van der Waals surface area contributed by atoms with Crippen molar-refractivity contribution in [3.63, 3.8) is 0 Å². The zero-order chi connectivity index (χ0) is 20.4. The highest BCUT2D eigenvalue weighted by Crippen LogP contribution is 2.29. The number of aryl methyl sites for hydroxylation is 1. The van der Waals surface area contributed by atoms with Gasteiger partial charge in [0.25, 0.3) is 0 Å². The van der Waals surface area contributed by atoms with Crippen molar-refractivity contribution in [3.05, 3.63) is 46.0 Å². The van der Waals surface area contributed by atoms with Gasteiger partial charge in [-0.05, 0) is 36.7 Å². The van der Waals surface area contributed by atoms with Crippen molar-refractivity contribution in [1.82, 2.24) is 24.1 Å². The molecule has 0 amide bonds. The molecule has 0 aliphatic carbocycles. The van der Waals surface area contributed by atoms with E-state index in [9.17, 15) is 13.2 Å². The van der Waals surface area contributed by atoms with Gasteiger partial charge >= 0.3 is 6.18 Å². The van der Waals surface area contributed by atoms with Gasteiger partial charge in [0.05, 0.1) is 12.2 Å². The largest absolute Gasteiger partial charge is 0.416 e. The number of piperazine rings is 1. The lowest BCUT2D eigenvalue weighted by Crippen LogP contribution is -2.46. The van der Waals surface area contributed by atoms with Crippen LogP contribution in [0.5, 0.6) is 0 Å². The maximum Gasteiger partial charge on any atom is 0.416 e. The highest BCUT2D eigenvalue weighted by molar-refractivity contribution is 7.71. The Balaban J connectivity index is 1.33. The lowest BCUT2D eigenvalue weighted by atomic mass is 10.1. The van der Waals surface area contributed by atoms with E-state index < -0.39 is 11.7 Å². The van der Waals surface area contributed by atoms with Gasteiger partial charge in [-0.25, -0.2) is 4.68 Å². The molecular formula is C20H26F3N5S. The van der Waals surface area contributed by atoms with E-state index >= 15 is 0 Å². The second-order valence-corrected chi connectivity index (χ2v) is 8.26. The SMILES string of the molecule is FC(F)(F)c1cccc(CN2CCN(Cn3nc4n(c3=S)CCCCC4)CC2)c1. The molecule has 0 atom stereocenters. The van der Waals surface area contributed by atoms with Gasteiger partial charge in [0.2, 0.25) is 0 Å². The van der Waals surface area contributed by atoms with Crippen LogP contribution in [-0.2, 0) is 32.4 Å². The Bertz CT molecular complexity index is 896. The minimum absolute atomic E-state index is 0.538. The molecule has 1 aromatic heterocycles. The molecule has 29 heavy (non-hydrogen) atoms. The zero-order valence-electron chi connectivity index (χ0n) is 16.4. The fourth-order valence-electron chi connectivity index (χ4n) is 4.10. The molecule has 0 radical (unpaired) electrons. The Morgan fingerprint density at radius 2 is 1.72 bits per heavy atom. The van der Waals surface area contributed by atoms with Gasteiger partial charge < -0.3 is 4.57 Å². The molecule has 4 rings (SSSR count). The van der Waals surface area contributed by atoms with Crippen LogP contribution in [-0.4, -0.2) is 50.3 Å². The Morgan fingerprint density at radius 3 is 2.48 bits per heavy atom. The van der Waals surface area contributed by atoms with Crippen molar-refractivity contribution in [1.29, 1.82) is 0 Å². The van der Waals surface area contributed by atoms with Gasteiger partial charge in [0, 0.05) is 45.7 Å². The topological polar surface area (TPSA) is 29.2 Å². The molecule has 0 spiro atoms. The van der Waals surface area contributed by atoms with Crippen LogP contribution in [0.15, 0.2) is 24.3 Å². The van der Waals surface area contributed by atoms with E-state index in [4.69, 9.17) is 17.3 Å². The van der Waals surface area contributed by atoms with Crippen LogP contribution in [0.4, 0.5) is 13.2 Å². The first-order chi connectivity index (χ1) is 13.9. The van der Waals surface area contributed by atoms with Gasteiger partial charge in [0.15, 0.2) is 4.77 Å². The molecular weight excluding hydrogens is 399 g/mol. The molecule has 1 aromatic carbocycles. The van der Waals surface area contributed by atoms with E-state index in [1.165, 1.54) is 25.0 Å². The third kappa shape index (κ3) is 4.90. The smallest absolute Gasteiger partial charge is 0.304 e. The number of halogens is 3. The summed E-state index contributed by atoms with van der Waals surface area (Å²) in [4.78, 5) is 4.51. The van der Waals surface area contributed by atoms with E-state index in [0.29, 0.717) is 18.8 Å². The summed E-state index contributed by atoms with van der Waals surface area (Å²) in [6.07, 6.45) is 0.241. The fraction of sp³-hybridized carbons (Fsp3) is 0.600. The summed E-state index contributed by atoms with van der Waals surface area (Å²) in [5.41, 5.74) is 0.121. The zero-order valence-corrected chi connectivity index (χ0v) is 17.2. The molecule has 0 N–H and O–H groups in total. The van der Waals surface area contributed by atoms with Gasteiger partial charge in [0.1, 0.15) is 5.82 Å². The molecule has 0 unspecified atom stereocenters. The van der Waals surface area contributed by atoms with Gasteiger partial charge in [-0.3, -0.25) is 9.80 Å². The number of aromatic nitrogens is 3. The molecule has 2 aliphatic heterocycles. The average molecular weight is 426 g/mol. The maximum absolute atomic E-state index is 12.9. The van der Waals surface area contributed by atoms with Crippen molar-refractivity contribution >= 4 is 12.2 Å². The van der Waals surface area contributed by atoms with Crippen molar-refractivity contribution < 1.29 is 13.2 Å². The molecule has 1 saturated heterocycles. The lowest BCUT2D eigenvalue weighted by Gasteiger charge is -2.34. The molecule has 0 bridgehead atoms. The van der Waals surface area contributed by atoms with E-state index in [1.54, 1.807) is 6.07 Å². The third-order valence-electron chi connectivity index (χ3n) is 5.74. The second-order valence-electron chi connectivity index (χ2n) is 7.89. The number of alkyl halides is 3. The van der Waals surface area contributed by atoms with E-state index in [2.05, 4.69) is 14.4 Å². The molecule has 1 fully saturated rings. The fourth-order valence-corrected chi connectivity index (χ4v) is 4.40. The maximum atomic E-state index is 12.9. The predicted molar refractivity (Wildman–Crippen MR) is 107 cm³/mol. The van der Waals surface area contributed by atoms with Crippen molar-refractivity contribution in [2.75, 3.05) is 26.2 Å². The van der Waals surface area contributed by atoms with Crippen LogP contribution >= 0.6 is 12.2 Å². The van der Waals surface area contributed by atoms with E-state index in [0.717, 1.165) is 62.2 Å². The lowest BCUT2D eigenvalue weighted by molar-refractivity contribution is -0.137. The number of hydrogen-bond donors (Lipinski definition) is 0. The predicted octanol–water partition coefficient (Wildman–Crippen LogP) is 3.93. The van der Waals surface area contributed by atoms with Crippen molar-refractivity contribution in [2.24, 2.45) is 0 Å². The minimum Gasteiger partial charge on any atom is -0.304 e. The van der Waals surface area contributed by atoms with Gasteiger partial charge in [-0.2, -0.15) is 18.3 Å². The Kier molecular flexibility index (Phi) is 6.08. The standard InChI is InChI=1S/C20H26F3N5S/c21-20(22,23)17-6-4-5-16(13-17)14-25-9-11-26(12-10-25)15-28-19(29)27-8-3-1-2-7-18(27)24-28/h4-6,13H,1-3,7-12,14-15H2. The van der Waals surface area contributed by atoms with Gasteiger partial charge in [-0.1, -0.05) is 24.6 Å². The quantitative estimate of drug-likeness (QED) is 0.694. The van der Waals surface area contributed by atoms with Crippen LogP contribution in [0.2, 0.25) is 0 Å². The molecule has 3 heterocycles. The number of rotatable bonds is 4. The summed E-state index contributed by atoms with van der Waals surface area (Å²) in [5.74, 6) is 1.09. The number of nitrogens with zero attached hydrogens (tertiary/aromatic N) is 5. The Morgan fingerprint density at radius 1 is 0.966 bits per heavy atom. The molecule has 5 nitrogen and oxygen atoms in total. The number of benzene rings is 1.